The smallest absolute Gasteiger partial charge is 0.185 e. The van der Waals surface area contributed by atoms with Gasteiger partial charge in [0.1, 0.15) is 5.75 Å². The fourth-order valence-electron chi connectivity index (χ4n) is 6.99. The van der Waals surface area contributed by atoms with Crippen LogP contribution < -0.4 is 9.47 Å². The van der Waals surface area contributed by atoms with E-state index < -0.39 is 0 Å². The molecule has 5 heteroatoms. The van der Waals surface area contributed by atoms with Gasteiger partial charge in [0.2, 0.25) is 0 Å². The lowest BCUT2D eigenvalue weighted by atomic mass is 9.55. The lowest BCUT2D eigenvalue weighted by Gasteiger charge is -2.50. The van der Waals surface area contributed by atoms with Crippen LogP contribution >= 0.6 is 0 Å². The van der Waals surface area contributed by atoms with Crippen molar-refractivity contribution in [1.29, 1.82) is 0 Å². The highest BCUT2D eigenvalue weighted by molar-refractivity contribution is 6.07. The van der Waals surface area contributed by atoms with Crippen LogP contribution in [-0.2, 0) is 6.42 Å². The Morgan fingerprint density at radius 1 is 1.06 bits per heavy atom. The number of aryl methyl sites for hydroxylation is 1. The van der Waals surface area contributed by atoms with Crippen LogP contribution in [0.5, 0.6) is 17.2 Å². The molecule has 0 saturated heterocycles. The molecule has 2 fully saturated rings. The summed E-state index contributed by atoms with van der Waals surface area (Å²) in [6.07, 6.45) is 9.65. The number of aliphatic hydroxyl groups is 1. The normalized spacial score (nSPS) is 29.9. The molecule has 0 unspecified atom stereocenters. The predicted octanol–water partition coefficient (Wildman–Crippen LogP) is 5.52. The molecule has 2 N–H and O–H groups in total. The van der Waals surface area contributed by atoms with Gasteiger partial charge in [-0.3, -0.25) is 4.79 Å². The summed E-state index contributed by atoms with van der Waals surface area (Å²) < 4.78 is 10.8. The minimum atomic E-state index is -0.168. The largest absolute Gasteiger partial charge is 0.504 e. The van der Waals surface area contributed by atoms with Crippen LogP contribution in [0.3, 0.4) is 0 Å². The fraction of sp³-hybridized carbons (Fsp3) is 0.483. The molecule has 5 rings (SSSR count). The van der Waals surface area contributed by atoms with Crippen LogP contribution in [0, 0.1) is 17.3 Å². The second-order valence-corrected chi connectivity index (χ2v) is 10.4. The fourth-order valence-corrected chi connectivity index (χ4v) is 6.99. The molecule has 3 aliphatic carbocycles. The molecule has 5 nitrogen and oxygen atoms in total. The third-order valence-corrected chi connectivity index (χ3v) is 8.90. The first-order chi connectivity index (χ1) is 16.4. The molecule has 0 heterocycles. The first-order valence-corrected chi connectivity index (χ1v) is 12.3. The van der Waals surface area contributed by atoms with E-state index in [2.05, 4.69) is 19.1 Å². The summed E-state index contributed by atoms with van der Waals surface area (Å²) in [6, 6.07) is 8.98. The quantitative estimate of drug-likeness (QED) is 0.452. The van der Waals surface area contributed by atoms with Gasteiger partial charge in [-0.15, -0.1) is 0 Å². The number of hydrogen-bond acceptors (Lipinski definition) is 5. The summed E-state index contributed by atoms with van der Waals surface area (Å²) in [5, 5.41) is 20.5. The average molecular weight is 463 g/mol. The molecule has 180 valence electrons. The van der Waals surface area contributed by atoms with E-state index in [4.69, 9.17) is 9.47 Å². The molecule has 0 aliphatic heterocycles. The van der Waals surface area contributed by atoms with Crippen LogP contribution in [0.2, 0.25) is 0 Å². The van der Waals surface area contributed by atoms with E-state index in [0.29, 0.717) is 23.3 Å². The number of benzene rings is 2. The van der Waals surface area contributed by atoms with Crippen LogP contribution in [0.15, 0.2) is 36.4 Å². The molecule has 0 aromatic heterocycles. The van der Waals surface area contributed by atoms with Gasteiger partial charge in [0.05, 0.1) is 20.3 Å². The predicted molar refractivity (Wildman–Crippen MR) is 132 cm³/mol. The maximum Gasteiger partial charge on any atom is 0.185 e. The zero-order chi connectivity index (χ0) is 24.0. The molecule has 3 aliphatic rings. The van der Waals surface area contributed by atoms with E-state index in [1.807, 2.05) is 6.08 Å². The lowest BCUT2D eigenvalue weighted by molar-refractivity contribution is -0.0226. The van der Waals surface area contributed by atoms with Crippen LogP contribution in [0.25, 0.3) is 6.08 Å². The highest BCUT2D eigenvalue weighted by Crippen LogP contribution is 2.61. The van der Waals surface area contributed by atoms with Crippen molar-refractivity contribution in [3.8, 4) is 17.2 Å². The Bertz CT molecular complexity index is 1140. The van der Waals surface area contributed by atoms with E-state index in [1.54, 1.807) is 25.3 Å². The Morgan fingerprint density at radius 2 is 1.85 bits per heavy atom. The number of methoxy groups -OCH3 is 2. The molecule has 2 aromatic carbocycles. The standard InChI is InChI=1S/C29H34O5/c1-29-13-12-20-21(23(29)8-11-28(29)32)7-4-17-15-26(33-2)19(14-22(17)20)6-9-24(30)18-5-10-25(31)27(16-18)34-3/h5-6,9-10,14-16,20-21,23,28,31-32H,4,7-8,11-13H2,1-3H3/b9-6+/t20-,21+,23-,28-,29-/m0/s1. The Balaban J connectivity index is 1.44. The Kier molecular flexibility index (Phi) is 5.93. The SMILES string of the molecule is COc1cc(C(=O)/C=C/c2cc3c(cc2OC)CC[C@@H]2[C@@H]3CC[C@]3(C)[C@@H](O)CC[C@@H]23)ccc1O. The molecule has 0 amide bonds. The van der Waals surface area contributed by atoms with Crippen LogP contribution in [0.1, 0.15) is 72.0 Å². The number of ketones is 1. The molecule has 0 spiro atoms. The highest BCUT2D eigenvalue weighted by Gasteiger charge is 2.54. The number of rotatable bonds is 5. The van der Waals surface area contributed by atoms with Crippen molar-refractivity contribution in [1.82, 2.24) is 0 Å². The number of fused-ring (bicyclic) bond motifs is 5. The van der Waals surface area contributed by atoms with Gasteiger partial charge >= 0.3 is 0 Å². The van der Waals surface area contributed by atoms with Crippen molar-refractivity contribution in [2.24, 2.45) is 17.3 Å². The van der Waals surface area contributed by atoms with Crippen molar-refractivity contribution in [3.63, 3.8) is 0 Å². The summed E-state index contributed by atoms with van der Waals surface area (Å²) in [5.74, 6) is 2.60. The Hall–Kier alpha value is -2.79. The summed E-state index contributed by atoms with van der Waals surface area (Å²) in [7, 11) is 3.13. The molecule has 2 aromatic rings. The summed E-state index contributed by atoms with van der Waals surface area (Å²) in [5.41, 5.74) is 4.16. The first-order valence-electron chi connectivity index (χ1n) is 12.3. The molecular formula is C29H34O5. The van der Waals surface area contributed by atoms with Crippen molar-refractivity contribution in [2.45, 2.75) is 57.5 Å². The van der Waals surface area contributed by atoms with E-state index >= 15 is 0 Å². The molecule has 0 bridgehead atoms. The molecule has 0 radical (unpaired) electrons. The third-order valence-electron chi connectivity index (χ3n) is 8.90. The topological polar surface area (TPSA) is 76.0 Å². The van der Waals surface area contributed by atoms with Gasteiger partial charge in [0.25, 0.3) is 0 Å². The Labute approximate surface area is 201 Å². The van der Waals surface area contributed by atoms with Crippen molar-refractivity contribution >= 4 is 11.9 Å². The number of aliphatic hydroxyl groups excluding tert-OH is 1. The molecule has 2 saturated carbocycles. The van der Waals surface area contributed by atoms with Crippen LogP contribution in [-0.4, -0.2) is 36.3 Å². The monoisotopic (exact) mass is 462 g/mol. The Morgan fingerprint density at radius 3 is 2.62 bits per heavy atom. The number of carbonyl (C=O) groups excluding carboxylic acids is 1. The lowest BCUT2D eigenvalue weighted by Crippen LogP contribution is -2.43. The van der Waals surface area contributed by atoms with Crippen LogP contribution in [0.4, 0.5) is 0 Å². The number of phenolic OH excluding ortho intramolecular Hbond substituents is 1. The maximum absolute atomic E-state index is 12.8. The number of hydrogen-bond donors (Lipinski definition) is 2. The van der Waals surface area contributed by atoms with Gasteiger partial charge in [-0.2, -0.15) is 0 Å². The molecule has 5 atom stereocenters. The first kappa shape index (κ1) is 23.0. The zero-order valence-corrected chi connectivity index (χ0v) is 20.2. The molecule has 34 heavy (non-hydrogen) atoms. The van der Waals surface area contributed by atoms with E-state index in [9.17, 15) is 15.0 Å². The third kappa shape index (κ3) is 3.70. The number of allylic oxidation sites excluding steroid dienone is 1. The van der Waals surface area contributed by atoms with Crippen molar-refractivity contribution in [2.75, 3.05) is 14.2 Å². The summed E-state index contributed by atoms with van der Waals surface area (Å²) in [4.78, 5) is 12.8. The van der Waals surface area contributed by atoms with Gasteiger partial charge in [-0.05, 0) is 115 Å². The minimum Gasteiger partial charge on any atom is -0.504 e. The number of phenols is 1. The van der Waals surface area contributed by atoms with Gasteiger partial charge in [0.15, 0.2) is 17.3 Å². The molecular weight excluding hydrogens is 428 g/mol. The summed E-state index contributed by atoms with van der Waals surface area (Å²) >= 11 is 0. The maximum atomic E-state index is 12.8. The number of ether oxygens (including phenoxy) is 2. The average Bonchev–Trinajstić information content (AvgIpc) is 3.16. The van der Waals surface area contributed by atoms with E-state index in [0.717, 1.165) is 43.4 Å². The van der Waals surface area contributed by atoms with Crippen molar-refractivity contribution < 1.29 is 24.5 Å². The number of aromatic hydroxyl groups is 1. The zero-order valence-electron chi connectivity index (χ0n) is 20.2. The van der Waals surface area contributed by atoms with Gasteiger partial charge in [-0.25, -0.2) is 0 Å². The second kappa shape index (κ2) is 8.77. The van der Waals surface area contributed by atoms with E-state index in [-0.39, 0.29) is 28.8 Å². The van der Waals surface area contributed by atoms with Gasteiger partial charge in [-0.1, -0.05) is 6.92 Å². The minimum absolute atomic E-state index is 0.00676. The summed E-state index contributed by atoms with van der Waals surface area (Å²) in [6.45, 7) is 2.30. The van der Waals surface area contributed by atoms with Crippen molar-refractivity contribution in [3.05, 3.63) is 58.7 Å². The highest BCUT2D eigenvalue weighted by atomic mass is 16.5. The second-order valence-electron chi connectivity index (χ2n) is 10.4. The number of carbonyl (C=O) groups is 1. The van der Waals surface area contributed by atoms with Gasteiger partial charge in [0, 0.05) is 11.1 Å². The van der Waals surface area contributed by atoms with Gasteiger partial charge < -0.3 is 19.7 Å². The van der Waals surface area contributed by atoms with E-state index in [1.165, 1.54) is 30.7 Å².